The summed E-state index contributed by atoms with van der Waals surface area (Å²) in [6.07, 6.45) is -1.76. The van der Waals surface area contributed by atoms with Gasteiger partial charge < -0.3 is 8.85 Å². The summed E-state index contributed by atoms with van der Waals surface area (Å²) in [5.74, 6) is -0.560. The summed E-state index contributed by atoms with van der Waals surface area (Å²) >= 11 is 0. The van der Waals surface area contributed by atoms with Crippen molar-refractivity contribution in [2.24, 2.45) is 0 Å². The number of benzene rings is 1. The summed E-state index contributed by atoms with van der Waals surface area (Å²) in [4.78, 5) is 28.1. The Labute approximate surface area is 184 Å². The van der Waals surface area contributed by atoms with Crippen LogP contribution in [0.2, 0.25) is 36.3 Å². The predicted molar refractivity (Wildman–Crippen MR) is 126 cm³/mol. The van der Waals surface area contributed by atoms with Crippen molar-refractivity contribution in [1.29, 1.82) is 0 Å². The van der Waals surface area contributed by atoms with E-state index >= 15 is 0 Å². The number of amides is 2. The highest BCUT2D eigenvalue weighted by molar-refractivity contribution is 6.75. The van der Waals surface area contributed by atoms with E-state index in [-0.39, 0.29) is 28.4 Å². The van der Waals surface area contributed by atoms with Crippen molar-refractivity contribution in [1.82, 2.24) is 4.90 Å². The second kappa shape index (κ2) is 8.33. The number of likely N-dealkylation sites (tertiary alicyclic amines) is 1. The zero-order valence-electron chi connectivity index (χ0n) is 20.3. The van der Waals surface area contributed by atoms with Crippen molar-refractivity contribution in [3.05, 3.63) is 35.9 Å². The monoisotopic (exact) mass is 449 g/mol. The van der Waals surface area contributed by atoms with Gasteiger partial charge in [0.25, 0.3) is 11.8 Å². The Balaban J connectivity index is 2.40. The van der Waals surface area contributed by atoms with E-state index in [9.17, 15) is 9.59 Å². The van der Waals surface area contributed by atoms with Gasteiger partial charge in [0.15, 0.2) is 28.8 Å². The average molecular weight is 450 g/mol. The third kappa shape index (κ3) is 5.12. The highest BCUT2D eigenvalue weighted by Gasteiger charge is 2.55. The molecule has 0 aromatic heterocycles. The smallest absolute Gasteiger partial charge is 0.260 e. The molecule has 1 heterocycles. The van der Waals surface area contributed by atoms with Gasteiger partial charge in [-0.2, -0.15) is 0 Å². The Hall–Kier alpha value is -1.29. The van der Waals surface area contributed by atoms with Crippen LogP contribution in [0.15, 0.2) is 30.3 Å². The fraction of sp³-hybridized carbons (Fsp3) is 0.652. The normalized spacial score (nSPS) is 21.5. The van der Waals surface area contributed by atoms with Crippen LogP contribution in [0.25, 0.3) is 0 Å². The fourth-order valence-electron chi connectivity index (χ4n) is 2.81. The van der Waals surface area contributed by atoms with Crippen LogP contribution in [-0.2, 0) is 25.0 Å². The first kappa shape index (κ1) is 25.0. The summed E-state index contributed by atoms with van der Waals surface area (Å²) in [5, 5.41) is -0.157. The molecular formula is C23H39NO4Si2. The van der Waals surface area contributed by atoms with Crippen LogP contribution in [0.4, 0.5) is 0 Å². The first-order chi connectivity index (χ1) is 13.5. The van der Waals surface area contributed by atoms with Crippen molar-refractivity contribution >= 4 is 28.4 Å². The molecule has 5 nitrogen and oxygen atoms in total. The first-order valence-corrected chi connectivity index (χ1v) is 16.5. The van der Waals surface area contributed by atoms with Crippen LogP contribution in [0, 0.1) is 0 Å². The van der Waals surface area contributed by atoms with Gasteiger partial charge >= 0.3 is 0 Å². The van der Waals surface area contributed by atoms with E-state index in [1.54, 1.807) is 0 Å². The van der Waals surface area contributed by atoms with Crippen LogP contribution in [-0.4, -0.2) is 45.6 Å². The lowest BCUT2D eigenvalue weighted by Crippen LogP contribution is -2.52. The third-order valence-corrected chi connectivity index (χ3v) is 15.8. The average Bonchev–Trinajstić information content (AvgIpc) is 2.78. The highest BCUT2D eigenvalue weighted by atomic mass is 28.4. The van der Waals surface area contributed by atoms with Crippen molar-refractivity contribution in [2.45, 2.75) is 96.6 Å². The van der Waals surface area contributed by atoms with Crippen LogP contribution in [0.3, 0.4) is 0 Å². The Kier molecular flexibility index (Phi) is 6.94. The van der Waals surface area contributed by atoms with E-state index in [0.717, 1.165) is 5.56 Å². The maximum absolute atomic E-state index is 13.4. The SMILES string of the molecule is CC(C)(C)[Si](C)(C)O[C@@H]1C(=O)N(Cc2ccccc2)C(=O)[C@H]1O[Si](C)(C)C(C)(C)C. The van der Waals surface area contributed by atoms with Gasteiger partial charge in [0.2, 0.25) is 0 Å². The van der Waals surface area contributed by atoms with Crippen molar-refractivity contribution in [3.8, 4) is 0 Å². The molecule has 2 rings (SSSR count). The molecule has 1 aromatic rings. The Bertz CT molecular complexity index is 733. The predicted octanol–water partition coefficient (Wildman–Crippen LogP) is 5.34. The number of rotatable bonds is 6. The molecule has 0 radical (unpaired) electrons. The molecule has 1 aliphatic rings. The van der Waals surface area contributed by atoms with Crippen LogP contribution < -0.4 is 0 Å². The van der Waals surface area contributed by atoms with E-state index in [2.05, 4.69) is 67.7 Å². The summed E-state index contributed by atoms with van der Waals surface area (Å²) in [6.45, 7) is 21.4. The molecular weight excluding hydrogens is 410 g/mol. The van der Waals surface area contributed by atoms with Crippen LogP contribution in [0.5, 0.6) is 0 Å². The Morgan fingerprint density at radius 1 is 0.767 bits per heavy atom. The molecule has 0 bridgehead atoms. The van der Waals surface area contributed by atoms with E-state index in [1.807, 2.05) is 30.3 Å². The second-order valence-corrected chi connectivity index (χ2v) is 20.9. The lowest BCUT2D eigenvalue weighted by Gasteiger charge is -2.41. The number of hydrogen-bond donors (Lipinski definition) is 0. The maximum atomic E-state index is 13.4. The summed E-state index contributed by atoms with van der Waals surface area (Å²) in [5.41, 5.74) is 0.915. The summed E-state index contributed by atoms with van der Waals surface area (Å²) < 4.78 is 13.0. The molecule has 168 valence electrons. The second-order valence-electron chi connectivity index (χ2n) is 11.3. The van der Waals surface area contributed by atoms with Gasteiger partial charge in [0, 0.05) is 0 Å². The van der Waals surface area contributed by atoms with Crippen LogP contribution in [0.1, 0.15) is 47.1 Å². The van der Waals surface area contributed by atoms with Gasteiger partial charge in [0.05, 0.1) is 6.54 Å². The maximum Gasteiger partial charge on any atom is 0.260 e. The highest BCUT2D eigenvalue weighted by Crippen LogP contribution is 2.42. The molecule has 0 aliphatic carbocycles. The Morgan fingerprint density at radius 2 is 1.13 bits per heavy atom. The molecule has 2 atom stereocenters. The van der Waals surface area contributed by atoms with Crippen molar-refractivity contribution in [3.63, 3.8) is 0 Å². The molecule has 30 heavy (non-hydrogen) atoms. The van der Waals surface area contributed by atoms with Gasteiger partial charge in [0.1, 0.15) is 0 Å². The van der Waals surface area contributed by atoms with Crippen molar-refractivity contribution in [2.75, 3.05) is 0 Å². The number of nitrogens with zero attached hydrogens (tertiary/aromatic N) is 1. The number of carbonyl (C=O) groups is 2. The molecule has 0 saturated carbocycles. The minimum Gasteiger partial charge on any atom is -0.403 e. The zero-order valence-corrected chi connectivity index (χ0v) is 22.3. The molecule has 1 fully saturated rings. The van der Waals surface area contributed by atoms with E-state index in [4.69, 9.17) is 8.85 Å². The quantitative estimate of drug-likeness (QED) is 0.435. The molecule has 0 N–H and O–H groups in total. The summed E-state index contributed by atoms with van der Waals surface area (Å²) in [6, 6.07) is 9.59. The third-order valence-electron chi connectivity index (χ3n) is 6.93. The standard InChI is InChI=1S/C23H39NO4Si2/c1-22(2,3)29(7,8)27-18-19(28-30(9,10)23(4,5)6)21(26)24(20(18)25)16-17-14-12-11-13-15-17/h11-15,18-19H,16H2,1-10H3/t18-,19-/m0/s1. The number of imide groups is 1. The number of hydrogen-bond acceptors (Lipinski definition) is 4. The van der Waals surface area contributed by atoms with Gasteiger partial charge in [-0.1, -0.05) is 71.9 Å². The number of carbonyl (C=O) groups excluding carboxylic acids is 2. The zero-order chi connectivity index (χ0) is 23.1. The molecule has 7 heteroatoms. The van der Waals surface area contributed by atoms with Gasteiger partial charge in [-0.25, -0.2) is 0 Å². The van der Waals surface area contributed by atoms with Crippen molar-refractivity contribution < 1.29 is 18.4 Å². The van der Waals surface area contributed by atoms with E-state index < -0.39 is 28.8 Å². The lowest BCUT2D eigenvalue weighted by molar-refractivity contribution is -0.141. The topological polar surface area (TPSA) is 55.8 Å². The molecule has 1 saturated heterocycles. The molecule has 0 spiro atoms. The largest absolute Gasteiger partial charge is 0.403 e. The minimum atomic E-state index is -2.29. The van der Waals surface area contributed by atoms with Gasteiger partial charge in [-0.15, -0.1) is 0 Å². The first-order valence-electron chi connectivity index (χ1n) is 10.7. The lowest BCUT2D eigenvalue weighted by atomic mass is 10.2. The summed E-state index contributed by atoms with van der Waals surface area (Å²) in [7, 11) is -4.58. The van der Waals surface area contributed by atoms with Gasteiger partial charge in [-0.3, -0.25) is 14.5 Å². The van der Waals surface area contributed by atoms with Gasteiger partial charge in [-0.05, 0) is 41.8 Å². The molecule has 2 amide bonds. The van der Waals surface area contributed by atoms with E-state index in [1.165, 1.54) is 4.90 Å². The fourth-order valence-corrected chi connectivity index (χ4v) is 5.24. The molecule has 0 unspecified atom stereocenters. The molecule has 1 aliphatic heterocycles. The van der Waals surface area contributed by atoms with Crippen LogP contribution >= 0.6 is 0 Å². The van der Waals surface area contributed by atoms with E-state index in [0.29, 0.717) is 0 Å². The molecule has 1 aromatic carbocycles. The minimum absolute atomic E-state index is 0.0787. The Morgan fingerprint density at radius 3 is 1.47 bits per heavy atom.